The van der Waals surface area contributed by atoms with E-state index < -0.39 is 69.1 Å². The van der Waals surface area contributed by atoms with E-state index in [1.54, 1.807) is 67.5 Å². The van der Waals surface area contributed by atoms with Crippen molar-refractivity contribution in [3.05, 3.63) is 29.6 Å². The van der Waals surface area contributed by atoms with E-state index in [1.165, 1.54) is 6.07 Å². The molecule has 9 nitrogen and oxygen atoms in total. The van der Waals surface area contributed by atoms with Crippen LogP contribution in [0.25, 0.3) is 0 Å². The summed E-state index contributed by atoms with van der Waals surface area (Å²) in [5.41, 5.74) is -2.39. The highest BCUT2D eigenvalue weighted by molar-refractivity contribution is 7.87. The second kappa shape index (κ2) is 12.3. The number of benzene rings is 1. The van der Waals surface area contributed by atoms with E-state index >= 15 is 4.39 Å². The van der Waals surface area contributed by atoms with Crippen LogP contribution in [-0.2, 0) is 29.6 Å². The Balaban J connectivity index is 0.00000301. The molecule has 2 aliphatic rings. The highest BCUT2D eigenvalue weighted by Crippen LogP contribution is 2.38. The SMILES string of the molecule is CC(C)(C)OC(=O)N(C(=O)OC(C)(C)C)C1=NC(c2cc(B3OC(C)(C)C(C)(C)O3)ccc2F)CS(=O)C1(C)C.CF. The Morgan fingerprint density at radius 1 is 0.952 bits per heavy atom. The van der Waals surface area contributed by atoms with Crippen LogP contribution in [0.15, 0.2) is 23.2 Å². The molecular formula is C29H45BF2N2O7S. The lowest BCUT2D eigenvalue weighted by atomic mass is 9.78. The maximum Gasteiger partial charge on any atom is 0.494 e. The molecule has 0 N–H and O–H groups in total. The molecule has 2 aliphatic heterocycles. The van der Waals surface area contributed by atoms with Gasteiger partial charge in [0.25, 0.3) is 0 Å². The van der Waals surface area contributed by atoms with E-state index in [4.69, 9.17) is 18.8 Å². The monoisotopic (exact) mass is 614 g/mol. The van der Waals surface area contributed by atoms with Gasteiger partial charge in [0.1, 0.15) is 22.9 Å². The number of ether oxygens (including phenoxy) is 2. The fraction of sp³-hybridized carbons (Fsp3) is 0.690. The number of hydrogen-bond acceptors (Lipinski definition) is 8. The summed E-state index contributed by atoms with van der Waals surface area (Å²) in [5, 5.41) is 0. The summed E-state index contributed by atoms with van der Waals surface area (Å²) in [6, 6.07) is 3.46. The molecule has 1 aromatic rings. The number of alkyl halides is 1. The zero-order chi connectivity index (χ0) is 32.6. The van der Waals surface area contributed by atoms with Gasteiger partial charge in [-0.05, 0) is 94.6 Å². The second-order valence-corrected chi connectivity index (χ2v) is 15.7. The lowest BCUT2D eigenvalue weighted by Gasteiger charge is -2.38. The molecule has 0 aromatic heterocycles. The first kappa shape index (κ1) is 35.8. The van der Waals surface area contributed by atoms with Crippen molar-refractivity contribution in [2.75, 3.05) is 12.9 Å². The van der Waals surface area contributed by atoms with Crippen LogP contribution >= 0.6 is 0 Å². The van der Waals surface area contributed by atoms with Crippen LogP contribution in [0, 0.1) is 5.82 Å². The minimum atomic E-state index is -1.67. The molecule has 2 atom stereocenters. The van der Waals surface area contributed by atoms with E-state index in [9.17, 15) is 18.2 Å². The topological polar surface area (TPSA) is 104 Å². The number of carbonyl (C=O) groups is 2. The van der Waals surface area contributed by atoms with Gasteiger partial charge in [0.2, 0.25) is 0 Å². The van der Waals surface area contributed by atoms with E-state index in [1.807, 2.05) is 27.7 Å². The molecule has 2 unspecified atom stereocenters. The fourth-order valence-corrected chi connectivity index (χ4v) is 5.39. The van der Waals surface area contributed by atoms with Gasteiger partial charge in [0.15, 0.2) is 0 Å². The molecule has 42 heavy (non-hydrogen) atoms. The first-order valence-electron chi connectivity index (χ1n) is 13.7. The molecule has 2 heterocycles. The van der Waals surface area contributed by atoms with Crippen molar-refractivity contribution in [1.82, 2.24) is 4.90 Å². The van der Waals surface area contributed by atoms with Gasteiger partial charge in [-0.15, -0.1) is 0 Å². The Labute approximate surface area is 251 Å². The summed E-state index contributed by atoms with van der Waals surface area (Å²) in [4.78, 5) is 32.1. The molecule has 1 fully saturated rings. The number of imide groups is 1. The third kappa shape index (κ3) is 7.96. The molecular weight excluding hydrogens is 569 g/mol. The number of nitrogens with zero attached hydrogens (tertiary/aromatic N) is 2. The summed E-state index contributed by atoms with van der Waals surface area (Å²) >= 11 is 0. The minimum absolute atomic E-state index is 0.0310. The Morgan fingerprint density at radius 3 is 1.83 bits per heavy atom. The third-order valence-corrected chi connectivity index (χ3v) is 8.90. The summed E-state index contributed by atoms with van der Waals surface area (Å²) in [5.74, 6) is -0.742. The van der Waals surface area contributed by atoms with Crippen molar-refractivity contribution in [3.63, 3.8) is 0 Å². The van der Waals surface area contributed by atoms with Crippen molar-refractivity contribution < 1.29 is 41.4 Å². The third-order valence-electron chi connectivity index (χ3n) is 6.96. The first-order chi connectivity index (χ1) is 18.9. The van der Waals surface area contributed by atoms with Gasteiger partial charge in [-0.25, -0.2) is 14.0 Å². The van der Waals surface area contributed by atoms with E-state index in [-0.39, 0.29) is 17.2 Å². The molecule has 0 radical (unpaired) electrons. The molecule has 3 rings (SSSR count). The lowest BCUT2D eigenvalue weighted by molar-refractivity contribution is 0.00578. The fourth-order valence-electron chi connectivity index (χ4n) is 4.09. The number of amides is 2. The Hall–Kier alpha value is -2.38. The zero-order valence-corrected chi connectivity index (χ0v) is 27.8. The lowest BCUT2D eigenvalue weighted by Crippen LogP contribution is -2.57. The van der Waals surface area contributed by atoms with Gasteiger partial charge in [-0.1, -0.05) is 12.1 Å². The number of halogens is 2. The van der Waals surface area contributed by atoms with Gasteiger partial charge in [-0.2, -0.15) is 4.90 Å². The standard InChI is InChI=1S/C28H42BFN2O7S.CH3F/c1-24(2,3)36-22(33)32(23(34)37-25(4,5)6)21-26(7,8)40(35)16-20(31-21)18-15-17(13-14-19(18)30)29-38-27(9,10)28(11,12)39-29;1-2/h13-15,20H,16H2,1-12H3;1H3. The van der Waals surface area contributed by atoms with E-state index in [0.717, 1.165) is 0 Å². The summed E-state index contributed by atoms with van der Waals surface area (Å²) in [7, 11) is -1.92. The van der Waals surface area contributed by atoms with Crippen LogP contribution in [0.2, 0.25) is 0 Å². The minimum Gasteiger partial charge on any atom is -0.443 e. The van der Waals surface area contributed by atoms with Crippen LogP contribution in [0.4, 0.5) is 18.4 Å². The summed E-state index contributed by atoms with van der Waals surface area (Å²) in [6.07, 6.45) is -2.06. The van der Waals surface area contributed by atoms with Crippen molar-refractivity contribution in [1.29, 1.82) is 0 Å². The molecule has 1 aromatic carbocycles. The maximum atomic E-state index is 15.3. The quantitative estimate of drug-likeness (QED) is 0.385. The van der Waals surface area contributed by atoms with Crippen LogP contribution in [0.1, 0.15) is 94.7 Å². The van der Waals surface area contributed by atoms with Gasteiger partial charge >= 0.3 is 19.3 Å². The molecule has 0 aliphatic carbocycles. The number of carbonyl (C=O) groups excluding carboxylic acids is 2. The van der Waals surface area contributed by atoms with Crippen molar-refractivity contribution in [2.45, 2.75) is 116 Å². The average Bonchev–Trinajstić information content (AvgIpc) is 3.03. The normalized spacial score (nSPS) is 22.8. The molecule has 2 amide bonds. The maximum absolute atomic E-state index is 15.3. The highest BCUT2D eigenvalue weighted by Gasteiger charge is 2.52. The predicted octanol–water partition coefficient (Wildman–Crippen LogP) is 5.86. The first-order valence-corrected chi connectivity index (χ1v) is 15.0. The Morgan fingerprint density at radius 2 is 1.40 bits per heavy atom. The molecule has 0 saturated carbocycles. The Kier molecular flexibility index (Phi) is 10.5. The van der Waals surface area contributed by atoms with Gasteiger partial charge < -0.3 is 18.8 Å². The van der Waals surface area contributed by atoms with Crippen LogP contribution in [-0.4, -0.2) is 74.3 Å². The summed E-state index contributed by atoms with van der Waals surface area (Å²) in [6.45, 7) is 20.8. The van der Waals surface area contributed by atoms with Gasteiger partial charge in [0, 0.05) is 16.4 Å². The van der Waals surface area contributed by atoms with Gasteiger partial charge in [-0.3, -0.25) is 13.6 Å². The zero-order valence-electron chi connectivity index (χ0n) is 27.0. The highest BCUT2D eigenvalue weighted by atomic mass is 32.2. The molecule has 1 saturated heterocycles. The number of aliphatic imine (C=N–C) groups is 1. The van der Waals surface area contributed by atoms with E-state index in [0.29, 0.717) is 17.5 Å². The number of hydrogen-bond donors (Lipinski definition) is 0. The molecule has 0 spiro atoms. The average molecular weight is 615 g/mol. The Bertz CT molecular complexity index is 1200. The van der Waals surface area contributed by atoms with Gasteiger partial charge in [0.05, 0.1) is 34.9 Å². The second-order valence-electron chi connectivity index (χ2n) is 13.7. The van der Waals surface area contributed by atoms with Crippen molar-refractivity contribution in [2.24, 2.45) is 4.99 Å². The molecule has 236 valence electrons. The smallest absolute Gasteiger partial charge is 0.443 e. The predicted molar refractivity (Wildman–Crippen MR) is 161 cm³/mol. The molecule has 13 heteroatoms. The van der Waals surface area contributed by atoms with Crippen LogP contribution in [0.5, 0.6) is 0 Å². The van der Waals surface area contributed by atoms with Crippen molar-refractivity contribution >= 4 is 41.4 Å². The summed E-state index contributed by atoms with van der Waals surface area (Å²) < 4.78 is 60.4. The van der Waals surface area contributed by atoms with Crippen LogP contribution < -0.4 is 5.46 Å². The van der Waals surface area contributed by atoms with Crippen LogP contribution in [0.3, 0.4) is 0 Å². The van der Waals surface area contributed by atoms with Crippen molar-refractivity contribution in [3.8, 4) is 0 Å². The molecule has 0 bridgehead atoms. The number of amidine groups is 1. The number of rotatable bonds is 2. The van der Waals surface area contributed by atoms with E-state index in [2.05, 4.69) is 4.99 Å². The largest absolute Gasteiger partial charge is 0.494 e.